The Kier molecular flexibility index (Phi) is 4.64. The summed E-state index contributed by atoms with van der Waals surface area (Å²) in [7, 11) is 2.19. The minimum atomic E-state index is 0.145. The molecule has 0 saturated carbocycles. The summed E-state index contributed by atoms with van der Waals surface area (Å²) in [5.74, 6) is 0.712. The molecule has 4 heteroatoms. The van der Waals surface area contributed by atoms with E-state index in [0.29, 0.717) is 18.0 Å². The van der Waals surface area contributed by atoms with Gasteiger partial charge in [0.15, 0.2) is 0 Å². The number of ether oxygens (including phenoxy) is 1. The van der Waals surface area contributed by atoms with Crippen molar-refractivity contribution >= 4 is 5.69 Å². The van der Waals surface area contributed by atoms with Crippen LogP contribution in [0.3, 0.4) is 0 Å². The second-order valence-electron chi connectivity index (χ2n) is 5.72. The summed E-state index contributed by atoms with van der Waals surface area (Å²) < 4.78 is 5.75. The number of piperidine rings is 1. The van der Waals surface area contributed by atoms with E-state index >= 15 is 0 Å². The lowest BCUT2D eigenvalue weighted by molar-refractivity contribution is 0.189. The van der Waals surface area contributed by atoms with Crippen molar-refractivity contribution in [3.63, 3.8) is 0 Å². The number of hydrogen-bond acceptors (Lipinski definition) is 4. The lowest BCUT2D eigenvalue weighted by Crippen LogP contribution is -2.42. The highest BCUT2D eigenvalue weighted by atomic mass is 16.5. The molecule has 19 heavy (non-hydrogen) atoms. The zero-order valence-electron chi connectivity index (χ0n) is 12.4. The van der Waals surface area contributed by atoms with Gasteiger partial charge in [0.1, 0.15) is 0 Å². The Bertz CT molecular complexity index is 408. The molecular weight excluding hydrogens is 238 g/mol. The molecule has 106 valence electrons. The van der Waals surface area contributed by atoms with Crippen LogP contribution in [0.5, 0.6) is 5.88 Å². The predicted octanol–water partition coefficient (Wildman–Crippen LogP) is 2.76. The highest BCUT2D eigenvalue weighted by Gasteiger charge is 2.23. The van der Waals surface area contributed by atoms with Gasteiger partial charge < -0.3 is 15.0 Å². The van der Waals surface area contributed by atoms with Gasteiger partial charge >= 0.3 is 0 Å². The fourth-order valence-electron chi connectivity index (χ4n) is 2.46. The number of pyridine rings is 1. The zero-order chi connectivity index (χ0) is 13.8. The Morgan fingerprint density at radius 1 is 1.47 bits per heavy atom. The molecule has 1 aliphatic heterocycles. The van der Waals surface area contributed by atoms with Crippen molar-refractivity contribution in [1.82, 2.24) is 9.88 Å². The van der Waals surface area contributed by atoms with Crippen LogP contribution in [0.15, 0.2) is 18.3 Å². The van der Waals surface area contributed by atoms with Crippen LogP contribution < -0.4 is 10.1 Å². The van der Waals surface area contributed by atoms with Crippen LogP contribution in [0.2, 0.25) is 0 Å². The molecule has 1 aromatic rings. The molecule has 1 N–H and O–H groups in total. The lowest BCUT2D eigenvalue weighted by atomic mass is 9.99. The Labute approximate surface area is 116 Å². The van der Waals surface area contributed by atoms with E-state index in [2.05, 4.69) is 29.2 Å². The lowest BCUT2D eigenvalue weighted by Gasteiger charge is -2.35. The number of nitrogens with one attached hydrogen (secondary N) is 1. The van der Waals surface area contributed by atoms with E-state index < -0.39 is 0 Å². The van der Waals surface area contributed by atoms with E-state index in [1.807, 2.05) is 26.0 Å². The van der Waals surface area contributed by atoms with E-state index in [4.69, 9.17) is 4.74 Å². The summed E-state index contributed by atoms with van der Waals surface area (Å²) in [5, 5.41) is 3.59. The van der Waals surface area contributed by atoms with Gasteiger partial charge in [-0.2, -0.15) is 0 Å². The number of hydrogen-bond donors (Lipinski definition) is 1. The van der Waals surface area contributed by atoms with Gasteiger partial charge in [0.05, 0.1) is 11.8 Å². The third kappa shape index (κ3) is 3.83. The minimum absolute atomic E-state index is 0.145. The summed E-state index contributed by atoms with van der Waals surface area (Å²) in [6.07, 6.45) is 4.25. The zero-order valence-corrected chi connectivity index (χ0v) is 12.4. The first kappa shape index (κ1) is 14.1. The maximum absolute atomic E-state index is 5.75. The summed E-state index contributed by atoms with van der Waals surface area (Å²) in [4.78, 5) is 6.73. The molecule has 1 aromatic heterocycles. The first-order valence-electron chi connectivity index (χ1n) is 7.14. The number of nitrogens with zero attached hydrogens (tertiary/aromatic N) is 2. The van der Waals surface area contributed by atoms with E-state index in [0.717, 1.165) is 25.1 Å². The van der Waals surface area contributed by atoms with Gasteiger partial charge in [0, 0.05) is 24.8 Å². The van der Waals surface area contributed by atoms with Crippen LogP contribution in [-0.2, 0) is 0 Å². The topological polar surface area (TPSA) is 37.4 Å². The van der Waals surface area contributed by atoms with Crippen molar-refractivity contribution in [2.24, 2.45) is 0 Å². The number of rotatable bonds is 4. The van der Waals surface area contributed by atoms with Crippen molar-refractivity contribution < 1.29 is 4.74 Å². The molecule has 0 spiro atoms. The van der Waals surface area contributed by atoms with Crippen LogP contribution in [0.1, 0.15) is 33.6 Å². The van der Waals surface area contributed by atoms with Gasteiger partial charge in [-0.1, -0.05) is 0 Å². The van der Waals surface area contributed by atoms with Crippen LogP contribution in [0, 0.1) is 0 Å². The van der Waals surface area contributed by atoms with E-state index in [9.17, 15) is 0 Å². The molecule has 2 heterocycles. The highest BCUT2D eigenvalue weighted by Crippen LogP contribution is 2.26. The van der Waals surface area contributed by atoms with E-state index in [-0.39, 0.29) is 6.10 Å². The normalized spacial score (nSPS) is 24.5. The molecule has 1 aliphatic rings. The van der Waals surface area contributed by atoms with Crippen molar-refractivity contribution in [2.75, 3.05) is 18.9 Å². The molecule has 1 fully saturated rings. The SMILES string of the molecule is CC(C)Oc1ncccc1NC1CCN(C)C(C)C1. The number of likely N-dealkylation sites (tertiary alicyclic amines) is 1. The van der Waals surface area contributed by atoms with Gasteiger partial charge in [-0.3, -0.25) is 0 Å². The largest absolute Gasteiger partial charge is 0.473 e. The molecule has 0 aliphatic carbocycles. The van der Waals surface area contributed by atoms with Gasteiger partial charge in [-0.25, -0.2) is 4.98 Å². The van der Waals surface area contributed by atoms with E-state index in [1.54, 1.807) is 6.20 Å². The molecule has 0 aromatic carbocycles. The minimum Gasteiger partial charge on any atom is -0.473 e. The van der Waals surface area contributed by atoms with Crippen LogP contribution in [-0.4, -0.2) is 41.7 Å². The summed E-state index contributed by atoms with van der Waals surface area (Å²) in [6, 6.07) is 5.13. The second kappa shape index (κ2) is 6.24. The monoisotopic (exact) mass is 263 g/mol. The fourth-order valence-corrected chi connectivity index (χ4v) is 2.46. The molecule has 2 rings (SSSR count). The Morgan fingerprint density at radius 2 is 2.26 bits per heavy atom. The predicted molar refractivity (Wildman–Crippen MR) is 78.7 cm³/mol. The van der Waals surface area contributed by atoms with Crippen molar-refractivity contribution in [1.29, 1.82) is 0 Å². The van der Waals surface area contributed by atoms with Crippen LogP contribution in [0.4, 0.5) is 5.69 Å². The van der Waals surface area contributed by atoms with E-state index in [1.165, 1.54) is 0 Å². The van der Waals surface area contributed by atoms with Gasteiger partial charge in [-0.05, 0) is 52.8 Å². The standard InChI is InChI=1S/C15H25N3O/c1-11(2)19-15-14(6-5-8-16-15)17-13-7-9-18(4)12(3)10-13/h5-6,8,11-13,17H,7,9-10H2,1-4H3. The summed E-state index contributed by atoms with van der Waals surface area (Å²) in [5.41, 5.74) is 1.01. The van der Waals surface area contributed by atoms with Gasteiger partial charge in [0.25, 0.3) is 0 Å². The van der Waals surface area contributed by atoms with Crippen molar-refractivity contribution in [3.8, 4) is 5.88 Å². The third-order valence-electron chi connectivity index (χ3n) is 3.69. The third-order valence-corrected chi connectivity index (χ3v) is 3.69. The first-order chi connectivity index (χ1) is 9.06. The molecule has 4 nitrogen and oxygen atoms in total. The summed E-state index contributed by atoms with van der Waals surface area (Å²) >= 11 is 0. The average molecular weight is 263 g/mol. The maximum Gasteiger partial charge on any atom is 0.237 e. The number of aromatic nitrogens is 1. The Morgan fingerprint density at radius 3 is 2.95 bits per heavy atom. The fraction of sp³-hybridized carbons (Fsp3) is 0.667. The molecule has 0 radical (unpaired) electrons. The molecule has 0 amide bonds. The first-order valence-corrected chi connectivity index (χ1v) is 7.14. The quantitative estimate of drug-likeness (QED) is 0.906. The smallest absolute Gasteiger partial charge is 0.237 e. The molecule has 0 bridgehead atoms. The van der Waals surface area contributed by atoms with Gasteiger partial charge in [0.2, 0.25) is 5.88 Å². The van der Waals surface area contributed by atoms with Crippen molar-refractivity contribution in [2.45, 2.75) is 51.8 Å². The molecule has 1 saturated heterocycles. The highest BCUT2D eigenvalue weighted by molar-refractivity contribution is 5.52. The summed E-state index contributed by atoms with van der Waals surface area (Å²) in [6.45, 7) is 7.47. The molecule has 2 atom stereocenters. The van der Waals surface area contributed by atoms with Crippen LogP contribution in [0.25, 0.3) is 0 Å². The average Bonchev–Trinajstić information content (AvgIpc) is 2.36. The molecule has 2 unspecified atom stereocenters. The Hall–Kier alpha value is -1.29. The van der Waals surface area contributed by atoms with Gasteiger partial charge in [-0.15, -0.1) is 0 Å². The van der Waals surface area contributed by atoms with Crippen molar-refractivity contribution in [3.05, 3.63) is 18.3 Å². The Balaban J connectivity index is 2.02. The van der Waals surface area contributed by atoms with Crippen LogP contribution >= 0.6 is 0 Å². The molecular formula is C15H25N3O. The second-order valence-corrected chi connectivity index (χ2v) is 5.72. The number of anilines is 1. The maximum atomic E-state index is 5.75.